The normalized spacial score (nSPS) is 19.6. The Bertz CT molecular complexity index is 407. The highest BCUT2D eigenvalue weighted by Crippen LogP contribution is 2.21. The van der Waals surface area contributed by atoms with Crippen LogP contribution >= 0.6 is 0 Å². The van der Waals surface area contributed by atoms with E-state index in [0.29, 0.717) is 6.04 Å². The topological polar surface area (TPSA) is 53.1 Å². The average Bonchev–Trinajstić information content (AvgIpc) is 2.82. The summed E-state index contributed by atoms with van der Waals surface area (Å²) in [4.78, 5) is 11.1. The Morgan fingerprint density at radius 1 is 1.26 bits per heavy atom. The van der Waals surface area contributed by atoms with Crippen LogP contribution < -0.4 is 10.6 Å². The molecular formula is C14H25N5. The largest absolute Gasteiger partial charge is 0.370 e. The maximum absolute atomic E-state index is 4.40. The molecule has 1 aromatic rings. The summed E-state index contributed by atoms with van der Waals surface area (Å²) in [5, 5.41) is 6.81. The molecule has 1 fully saturated rings. The monoisotopic (exact) mass is 263 g/mol. The van der Waals surface area contributed by atoms with Crippen LogP contribution in [0.3, 0.4) is 0 Å². The summed E-state index contributed by atoms with van der Waals surface area (Å²) < 4.78 is 0. The number of aromatic nitrogens is 2. The number of hydrogen-bond donors (Lipinski definition) is 2. The minimum atomic E-state index is 0.627. The van der Waals surface area contributed by atoms with Crippen molar-refractivity contribution in [2.45, 2.75) is 39.2 Å². The predicted molar refractivity (Wildman–Crippen MR) is 79.7 cm³/mol. The molecule has 0 amide bonds. The Balaban J connectivity index is 2.04. The van der Waals surface area contributed by atoms with E-state index in [4.69, 9.17) is 0 Å². The van der Waals surface area contributed by atoms with Gasteiger partial charge >= 0.3 is 0 Å². The lowest BCUT2D eigenvalue weighted by Gasteiger charge is -2.21. The molecule has 1 aromatic heterocycles. The molecular weight excluding hydrogens is 238 g/mol. The molecule has 0 spiro atoms. The molecule has 0 saturated carbocycles. The van der Waals surface area contributed by atoms with Crippen LogP contribution in [-0.2, 0) is 6.42 Å². The maximum atomic E-state index is 4.40. The molecule has 2 N–H and O–H groups in total. The zero-order chi connectivity index (χ0) is 13.7. The molecule has 1 saturated heterocycles. The van der Waals surface area contributed by atoms with Gasteiger partial charge in [-0.15, -0.1) is 0 Å². The van der Waals surface area contributed by atoms with Crippen molar-refractivity contribution >= 4 is 11.6 Å². The van der Waals surface area contributed by atoms with Crippen molar-refractivity contribution in [3.8, 4) is 0 Å². The van der Waals surface area contributed by atoms with Gasteiger partial charge in [0, 0.05) is 24.7 Å². The highest BCUT2D eigenvalue weighted by molar-refractivity contribution is 5.57. The second kappa shape index (κ2) is 6.70. The van der Waals surface area contributed by atoms with Gasteiger partial charge in [0.1, 0.15) is 18.0 Å². The van der Waals surface area contributed by atoms with Crippen LogP contribution in [0.4, 0.5) is 11.6 Å². The summed E-state index contributed by atoms with van der Waals surface area (Å²) in [6.45, 7) is 7.29. The number of hydrogen-bond acceptors (Lipinski definition) is 5. The van der Waals surface area contributed by atoms with Gasteiger partial charge < -0.3 is 15.5 Å². The van der Waals surface area contributed by atoms with Crippen molar-refractivity contribution in [2.24, 2.45) is 0 Å². The van der Waals surface area contributed by atoms with Crippen molar-refractivity contribution in [1.29, 1.82) is 0 Å². The summed E-state index contributed by atoms with van der Waals surface area (Å²) in [7, 11) is 2.20. The second-order valence-electron chi connectivity index (χ2n) is 5.09. The second-order valence-corrected chi connectivity index (χ2v) is 5.09. The van der Waals surface area contributed by atoms with Crippen molar-refractivity contribution in [3.05, 3.63) is 11.9 Å². The Hall–Kier alpha value is -1.36. The third-order valence-electron chi connectivity index (χ3n) is 3.82. The van der Waals surface area contributed by atoms with Crippen LogP contribution in [0, 0.1) is 0 Å². The van der Waals surface area contributed by atoms with Crippen molar-refractivity contribution in [2.75, 3.05) is 37.3 Å². The number of likely N-dealkylation sites (tertiary alicyclic amines) is 1. The molecule has 0 bridgehead atoms. The average molecular weight is 263 g/mol. The van der Waals surface area contributed by atoms with Crippen LogP contribution in [-0.4, -0.2) is 47.6 Å². The third-order valence-corrected chi connectivity index (χ3v) is 3.82. The van der Waals surface area contributed by atoms with E-state index in [9.17, 15) is 0 Å². The minimum absolute atomic E-state index is 0.627. The first-order valence-electron chi connectivity index (χ1n) is 7.28. The van der Waals surface area contributed by atoms with Gasteiger partial charge in [-0.3, -0.25) is 0 Å². The van der Waals surface area contributed by atoms with E-state index in [0.717, 1.165) is 31.1 Å². The third kappa shape index (κ3) is 3.35. The fourth-order valence-corrected chi connectivity index (χ4v) is 2.67. The van der Waals surface area contributed by atoms with Crippen molar-refractivity contribution in [3.63, 3.8) is 0 Å². The van der Waals surface area contributed by atoms with Crippen LogP contribution in [0.2, 0.25) is 0 Å². The van der Waals surface area contributed by atoms with E-state index < -0.39 is 0 Å². The molecule has 5 nitrogen and oxygen atoms in total. The summed E-state index contributed by atoms with van der Waals surface area (Å²) in [5.41, 5.74) is 1.19. The molecule has 5 heteroatoms. The maximum Gasteiger partial charge on any atom is 0.134 e. The van der Waals surface area contributed by atoms with E-state index >= 15 is 0 Å². The van der Waals surface area contributed by atoms with Gasteiger partial charge in [0.15, 0.2) is 0 Å². The van der Waals surface area contributed by atoms with Gasteiger partial charge in [-0.25, -0.2) is 9.97 Å². The van der Waals surface area contributed by atoms with Gasteiger partial charge in [-0.1, -0.05) is 6.92 Å². The molecule has 0 aliphatic carbocycles. The number of rotatable bonds is 6. The Kier molecular flexibility index (Phi) is 4.96. The van der Waals surface area contributed by atoms with Crippen LogP contribution in [0.15, 0.2) is 6.33 Å². The SMILES string of the molecule is CCNc1ncnc(NCC2CCCN2C)c1CC. The van der Waals surface area contributed by atoms with Gasteiger partial charge in [-0.2, -0.15) is 0 Å². The molecule has 19 heavy (non-hydrogen) atoms. The smallest absolute Gasteiger partial charge is 0.134 e. The van der Waals surface area contributed by atoms with Crippen molar-refractivity contribution < 1.29 is 0 Å². The lowest BCUT2D eigenvalue weighted by Crippen LogP contribution is -2.32. The molecule has 1 aliphatic rings. The van der Waals surface area contributed by atoms with Crippen LogP contribution in [0.25, 0.3) is 0 Å². The van der Waals surface area contributed by atoms with Gasteiger partial charge in [-0.05, 0) is 39.8 Å². The minimum Gasteiger partial charge on any atom is -0.370 e. The van der Waals surface area contributed by atoms with E-state index in [1.54, 1.807) is 6.33 Å². The van der Waals surface area contributed by atoms with Gasteiger partial charge in [0.25, 0.3) is 0 Å². The number of nitrogens with zero attached hydrogens (tertiary/aromatic N) is 3. The zero-order valence-electron chi connectivity index (χ0n) is 12.2. The zero-order valence-corrected chi connectivity index (χ0v) is 12.2. The van der Waals surface area contributed by atoms with E-state index in [1.807, 2.05) is 0 Å². The van der Waals surface area contributed by atoms with Gasteiger partial charge in [0.2, 0.25) is 0 Å². The molecule has 1 unspecified atom stereocenters. The Morgan fingerprint density at radius 2 is 2.00 bits per heavy atom. The van der Waals surface area contributed by atoms with Crippen molar-refractivity contribution in [1.82, 2.24) is 14.9 Å². The fraction of sp³-hybridized carbons (Fsp3) is 0.714. The van der Waals surface area contributed by atoms with E-state index in [2.05, 4.69) is 46.4 Å². The quantitative estimate of drug-likeness (QED) is 0.822. The number of nitrogens with one attached hydrogen (secondary N) is 2. The first-order valence-corrected chi connectivity index (χ1v) is 7.28. The molecule has 2 rings (SSSR count). The lowest BCUT2D eigenvalue weighted by atomic mass is 10.2. The lowest BCUT2D eigenvalue weighted by molar-refractivity contribution is 0.322. The predicted octanol–water partition coefficient (Wildman–Crippen LogP) is 1.98. The number of likely N-dealkylation sites (N-methyl/N-ethyl adjacent to an activating group) is 1. The molecule has 1 atom stereocenters. The molecule has 1 aliphatic heterocycles. The summed E-state index contributed by atoms with van der Waals surface area (Å²) in [6, 6.07) is 0.627. The van der Waals surface area contributed by atoms with E-state index in [-0.39, 0.29) is 0 Å². The summed E-state index contributed by atoms with van der Waals surface area (Å²) in [6.07, 6.45) is 5.15. The Morgan fingerprint density at radius 3 is 2.58 bits per heavy atom. The number of anilines is 2. The summed E-state index contributed by atoms with van der Waals surface area (Å²) in [5.74, 6) is 1.94. The Labute approximate surface area is 115 Å². The standard InChI is InChI=1S/C14H25N5/c1-4-12-13(15-5-2)17-10-18-14(12)16-9-11-7-6-8-19(11)3/h10-11H,4-9H2,1-3H3,(H2,15,16,17,18). The first-order chi connectivity index (χ1) is 9.26. The fourth-order valence-electron chi connectivity index (χ4n) is 2.67. The van der Waals surface area contributed by atoms with Crippen LogP contribution in [0.5, 0.6) is 0 Å². The highest BCUT2D eigenvalue weighted by Gasteiger charge is 2.21. The molecule has 0 aromatic carbocycles. The molecule has 106 valence electrons. The molecule has 2 heterocycles. The first kappa shape index (κ1) is 14.1. The van der Waals surface area contributed by atoms with E-state index in [1.165, 1.54) is 24.9 Å². The summed E-state index contributed by atoms with van der Waals surface area (Å²) >= 11 is 0. The van der Waals surface area contributed by atoms with Crippen LogP contribution in [0.1, 0.15) is 32.3 Å². The molecule has 0 radical (unpaired) electrons. The highest BCUT2D eigenvalue weighted by atomic mass is 15.2. The van der Waals surface area contributed by atoms with Gasteiger partial charge in [0.05, 0.1) is 0 Å².